The van der Waals surface area contributed by atoms with Crippen LogP contribution in [0.4, 0.5) is 11.5 Å². The first-order valence-electron chi connectivity index (χ1n) is 5.72. The predicted molar refractivity (Wildman–Crippen MR) is 76.9 cm³/mol. The van der Waals surface area contributed by atoms with Gasteiger partial charge in [-0.1, -0.05) is 11.6 Å². The molecule has 0 radical (unpaired) electrons. The Morgan fingerprint density at radius 1 is 1.42 bits per heavy atom. The molecule has 1 aromatic carbocycles. The van der Waals surface area contributed by atoms with Crippen LogP contribution in [0.15, 0.2) is 36.5 Å². The summed E-state index contributed by atoms with van der Waals surface area (Å²) in [7, 11) is 1.86. The zero-order valence-electron chi connectivity index (χ0n) is 10.5. The number of nitriles is 1. The van der Waals surface area contributed by atoms with E-state index >= 15 is 0 Å². The molecular weight excluding hydrogens is 260 g/mol. The van der Waals surface area contributed by atoms with E-state index < -0.39 is 0 Å². The molecule has 0 fully saturated rings. The summed E-state index contributed by atoms with van der Waals surface area (Å²) in [6.45, 7) is 0.537. The van der Waals surface area contributed by atoms with Gasteiger partial charge in [-0.15, -0.1) is 0 Å². The number of nitrogens with two attached hydrogens (primary N) is 1. The van der Waals surface area contributed by atoms with Crippen LogP contribution in [0.2, 0.25) is 5.02 Å². The molecule has 0 aliphatic heterocycles. The van der Waals surface area contributed by atoms with E-state index in [1.54, 1.807) is 30.5 Å². The summed E-state index contributed by atoms with van der Waals surface area (Å²) in [4.78, 5) is 6.10. The van der Waals surface area contributed by atoms with Gasteiger partial charge in [0.2, 0.25) is 0 Å². The van der Waals surface area contributed by atoms with E-state index in [2.05, 4.69) is 11.1 Å². The Morgan fingerprint density at radius 3 is 2.95 bits per heavy atom. The second-order valence-electron chi connectivity index (χ2n) is 4.19. The molecule has 0 aliphatic carbocycles. The smallest absolute Gasteiger partial charge is 0.146 e. The van der Waals surface area contributed by atoms with Crippen molar-refractivity contribution in [2.24, 2.45) is 0 Å². The van der Waals surface area contributed by atoms with Crippen molar-refractivity contribution in [1.82, 2.24) is 4.98 Å². The summed E-state index contributed by atoms with van der Waals surface area (Å²) in [5.74, 6) is 0.628. The maximum atomic E-state index is 9.07. The van der Waals surface area contributed by atoms with Crippen LogP contribution in [-0.2, 0) is 6.54 Å². The Bertz CT molecular complexity index is 634. The van der Waals surface area contributed by atoms with Gasteiger partial charge in [0.25, 0.3) is 0 Å². The van der Waals surface area contributed by atoms with Crippen molar-refractivity contribution in [2.75, 3.05) is 17.7 Å². The van der Waals surface area contributed by atoms with Gasteiger partial charge in [0.05, 0.1) is 5.56 Å². The summed E-state index contributed by atoms with van der Waals surface area (Å²) in [6.07, 6.45) is 1.66. The minimum absolute atomic E-state index is 0.532. The van der Waals surface area contributed by atoms with E-state index in [4.69, 9.17) is 22.6 Å². The third-order valence-electron chi connectivity index (χ3n) is 2.75. The van der Waals surface area contributed by atoms with Crippen LogP contribution in [0.1, 0.15) is 11.1 Å². The zero-order valence-corrected chi connectivity index (χ0v) is 11.2. The van der Waals surface area contributed by atoms with Crippen LogP contribution in [0, 0.1) is 11.3 Å². The van der Waals surface area contributed by atoms with Gasteiger partial charge in [-0.25, -0.2) is 4.98 Å². The molecule has 96 valence electrons. The molecule has 2 rings (SSSR count). The minimum Gasteiger partial charge on any atom is -0.399 e. The third-order valence-corrected chi connectivity index (χ3v) is 3.11. The van der Waals surface area contributed by atoms with Gasteiger partial charge in [-0.2, -0.15) is 5.26 Å². The van der Waals surface area contributed by atoms with Crippen LogP contribution in [0.3, 0.4) is 0 Å². The number of halogens is 1. The van der Waals surface area contributed by atoms with E-state index in [0.29, 0.717) is 28.6 Å². The molecule has 0 aliphatic rings. The summed E-state index contributed by atoms with van der Waals surface area (Å²) in [5.41, 5.74) is 7.85. The van der Waals surface area contributed by atoms with Gasteiger partial charge >= 0.3 is 0 Å². The molecule has 0 spiro atoms. The normalized spacial score (nSPS) is 9.95. The number of hydrogen-bond acceptors (Lipinski definition) is 4. The molecule has 0 bridgehead atoms. The number of nitrogen functional groups attached to an aromatic ring is 1. The fourth-order valence-corrected chi connectivity index (χ4v) is 2.01. The van der Waals surface area contributed by atoms with Gasteiger partial charge in [-0.05, 0) is 35.9 Å². The minimum atomic E-state index is 0.532. The second kappa shape index (κ2) is 5.59. The van der Waals surface area contributed by atoms with Gasteiger partial charge in [0.1, 0.15) is 11.9 Å². The Labute approximate surface area is 117 Å². The molecule has 0 atom stereocenters. The van der Waals surface area contributed by atoms with Crippen LogP contribution >= 0.6 is 11.6 Å². The highest BCUT2D eigenvalue weighted by atomic mass is 35.5. The molecule has 4 nitrogen and oxygen atoms in total. The summed E-state index contributed by atoms with van der Waals surface area (Å²) >= 11 is 6.13. The molecular formula is C14H13ClN4. The lowest BCUT2D eigenvalue weighted by Gasteiger charge is -2.20. The molecule has 2 N–H and O–H groups in total. The fraction of sp³-hybridized carbons (Fsp3) is 0.143. The van der Waals surface area contributed by atoms with E-state index in [0.717, 1.165) is 5.56 Å². The highest BCUT2D eigenvalue weighted by Gasteiger charge is 2.10. The van der Waals surface area contributed by atoms with Gasteiger partial charge < -0.3 is 10.6 Å². The molecule has 0 amide bonds. The first kappa shape index (κ1) is 13.2. The van der Waals surface area contributed by atoms with Crippen molar-refractivity contribution in [3.8, 4) is 6.07 Å². The molecule has 1 aromatic heterocycles. The molecule has 0 saturated carbocycles. The van der Waals surface area contributed by atoms with Crippen molar-refractivity contribution in [1.29, 1.82) is 5.26 Å². The maximum absolute atomic E-state index is 9.07. The molecule has 0 unspecified atom stereocenters. The topological polar surface area (TPSA) is 65.9 Å². The number of rotatable bonds is 3. The summed E-state index contributed by atoms with van der Waals surface area (Å²) in [6, 6.07) is 11.0. The number of benzene rings is 1. The summed E-state index contributed by atoms with van der Waals surface area (Å²) < 4.78 is 0. The fourth-order valence-electron chi connectivity index (χ4n) is 1.83. The number of hydrogen-bond donors (Lipinski definition) is 1. The van der Waals surface area contributed by atoms with Crippen LogP contribution in [0.5, 0.6) is 0 Å². The van der Waals surface area contributed by atoms with Crippen LogP contribution < -0.4 is 10.6 Å². The van der Waals surface area contributed by atoms with E-state index in [1.165, 1.54) is 0 Å². The standard InChI is InChI=1S/C14H13ClN4/c1-19(14-10(8-16)3-2-6-18-14)9-11-7-12(17)4-5-13(11)15/h2-7H,9,17H2,1H3. The largest absolute Gasteiger partial charge is 0.399 e. The van der Waals surface area contributed by atoms with Gasteiger partial charge in [0.15, 0.2) is 0 Å². The lowest BCUT2D eigenvalue weighted by molar-refractivity contribution is 0.896. The third kappa shape index (κ3) is 2.95. The Morgan fingerprint density at radius 2 is 2.21 bits per heavy atom. The van der Waals surface area contributed by atoms with Crippen molar-refractivity contribution >= 4 is 23.1 Å². The molecule has 1 heterocycles. The van der Waals surface area contributed by atoms with E-state index in [-0.39, 0.29) is 0 Å². The highest BCUT2D eigenvalue weighted by molar-refractivity contribution is 6.31. The number of nitrogens with zero attached hydrogens (tertiary/aromatic N) is 3. The number of anilines is 2. The van der Waals surface area contributed by atoms with Crippen molar-refractivity contribution in [3.63, 3.8) is 0 Å². The molecule has 19 heavy (non-hydrogen) atoms. The average Bonchev–Trinajstić information content (AvgIpc) is 2.42. The van der Waals surface area contributed by atoms with Crippen molar-refractivity contribution in [3.05, 3.63) is 52.7 Å². The number of pyridine rings is 1. The summed E-state index contributed by atoms with van der Waals surface area (Å²) in [5, 5.41) is 9.72. The van der Waals surface area contributed by atoms with E-state index in [1.807, 2.05) is 18.0 Å². The molecule has 0 saturated heterocycles. The average molecular weight is 273 g/mol. The maximum Gasteiger partial charge on any atom is 0.146 e. The predicted octanol–water partition coefficient (Wildman–Crippen LogP) is 2.83. The Kier molecular flexibility index (Phi) is 3.88. The first-order chi connectivity index (χ1) is 9.11. The van der Waals surface area contributed by atoms with Crippen LogP contribution in [-0.4, -0.2) is 12.0 Å². The Balaban J connectivity index is 2.28. The van der Waals surface area contributed by atoms with Crippen LogP contribution in [0.25, 0.3) is 0 Å². The van der Waals surface area contributed by atoms with Gasteiger partial charge in [0, 0.05) is 30.5 Å². The molecule has 5 heteroatoms. The van der Waals surface area contributed by atoms with Crippen molar-refractivity contribution in [2.45, 2.75) is 6.54 Å². The lowest BCUT2D eigenvalue weighted by Crippen LogP contribution is -2.19. The first-order valence-corrected chi connectivity index (χ1v) is 6.10. The second-order valence-corrected chi connectivity index (χ2v) is 4.60. The molecule has 2 aromatic rings. The quantitative estimate of drug-likeness (QED) is 0.873. The SMILES string of the molecule is CN(Cc1cc(N)ccc1Cl)c1ncccc1C#N. The zero-order chi connectivity index (χ0) is 13.8. The monoisotopic (exact) mass is 272 g/mol. The highest BCUT2D eigenvalue weighted by Crippen LogP contribution is 2.23. The number of aromatic nitrogens is 1. The Hall–Kier alpha value is -2.25. The van der Waals surface area contributed by atoms with E-state index in [9.17, 15) is 0 Å². The van der Waals surface area contributed by atoms with Gasteiger partial charge in [-0.3, -0.25) is 0 Å². The van der Waals surface area contributed by atoms with Crippen molar-refractivity contribution < 1.29 is 0 Å². The lowest BCUT2D eigenvalue weighted by atomic mass is 10.2.